The normalized spacial score (nSPS) is 14.4. The van der Waals surface area contributed by atoms with Crippen molar-refractivity contribution in [3.8, 4) is 0 Å². The number of guanidine groups is 1. The molecule has 2 aromatic carbocycles. The molecule has 1 fully saturated rings. The summed E-state index contributed by atoms with van der Waals surface area (Å²) >= 11 is 0. The fourth-order valence-electron chi connectivity index (χ4n) is 2.92. The fraction of sp³-hybridized carbons (Fsp3) is 0.300. The van der Waals surface area contributed by atoms with E-state index >= 15 is 0 Å². The number of carboxylic acid groups (broad SMARTS) is 1. The number of nitrogens with one attached hydrogen (secondary N) is 2. The van der Waals surface area contributed by atoms with Crippen molar-refractivity contribution in [1.29, 1.82) is 5.41 Å². The number of rotatable bonds is 4. The van der Waals surface area contributed by atoms with Gasteiger partial charge >= 0.3 is 12.1 Å². The van der Waals surface area contributed by atoms with E-state index in [1.807, 2.05) is 12.1 Å². The van der Waals surface area contributed by atoms with Gasteiger partial charge in [-0.05, 0) is 29.8 Å². The van der Waals surface area contributed by atoms with Gasteiger partial charge in [-0.3, -0.25) is 10.3 Å². The van der Waals surface area contributed by atoms with Gasteiger partial charge in [-0.2, -0.15) is 13.2 Å². The summed E-state index contributed by atoms with van der Waals surface area (Å²) in [7, 11) is 0. The standard InChI is InChI=1S/C18H23N5.C2HF3O2/c19-18(20)21-16-6-8-17(9-7-16)23-12-10-22(11-13-23)14-15-4-2-1-3-5-15;3-2(4,5)1(6)7/h1-9H,10-14H2,(H4,19,20,21);(H,6,7). The van der Waals surface area contributed by atoms with Crippen molar-refractivity contribution in [3.63, 3.8) is 0 Å². The molecule has 0 bridgehead atoms. The van der Waals surface area contributed by atoms with E-state index in [0.29, 0.717) is 0 Å². The molecule has 0 aromatic heterocycles. The van der Waals surface area contributed by atoms with Crippen LogP contribution in [0.2, 0.25) is 0 Å². The van der Waals surface area contributed by atoms with E-state index in [4.69, 9.17) is 21.0 Å². The molecule has 30 heavy (non-hydrogen) atoms. The highest BCUT2D eigenvalue weighted by Crippen LogP contribution is 2.20. The number of benzene rings is 2. The molecule has 10 heteroatoms. The molecule has 3 rings (SSSR count). The van der Waals surface area contributed by atoms with E-state index < -0.39 is 12.1 Å². The lowest BCUT2D eigenvalue weighted by Crippen LogP contribution is -2.45. The zero-order valence-electron chi connectivity index (χ0n) is 16.2. The number of nitrogens with zero attached hydrogens (tertiary/aromatic N) is 2. The first-order chi connectivity index (χ1) is 14.1. The van der Waals surface area contributed by atoms with Gasteiger partial charge in [-0.1, -0.05) is 30.3 Å². The van der Waals surface area contributed by atoms with Crippen LogP contribution >= 0.6 is 0 Å². The third-order valence-corrected chi connectivity index (χ3v) is 4.38. The first-order valence-electron chi connectivity index (χ1n) is 9.17. The van der Waals surface area contributed by atoms with Gasteiger partial charge in [-0.15, -0.1) is 0 Å². The van der Waals surface area contributed by atoms with Crippen LogP contribution in [-0.4, -0.2) is 54.3 Å². The summed E-state index contributed by atoms with van der Waals surface area (Å²) in [5.41, 5.74) is 8.79. The summed E-state index contributed by atoms with van der Waals surface area (Å²) in [5.74, 6) is -2.79. The largest absolute Gasteiger partial charge is 0.490 e. The number of nitrogens with two attached hydrogens (primary N) is 1. The molecule has 1 aliphatic rings. The second kappa shape index (κ2) is 10.5. The van der Waals surface area contributed by atoms with Crippen molar-refractivity contribution < 1.29 is 23.1 Å². The number of aliphatic carboxylic acids is 1. The molecular weight excluding hydrogens is 399 g/mol. The van der Waals surface area contributed by atoms with E-state index in [9.17, 15) is 13.2 Å². The smallest absolute Gasteiger partial charge is 0.475 e. The number of hydrogen-bond donors (Lipinski definition) is 4. The minimum absolute atomic E-state index is 0.0349. The van der Waals surface area contributed by atoms with Crippen LogP contribution in [0, 0.1) is 5.41 Å². The van der Waals surface area contributed by atoms with Crippen molar-refractivity contribution in [2.45, 2.75) is 12.7 Å². The Kier molecular flexibility index (Phi) is 8.05. The molecule has 0 amide bonds. The Morgan fingerprint density at radius 1 is 1.03 bits per heavy atom. The molecule has 1 aliphatic heterocycles. The zero-order chi connectivity index (χ0) is 22.1. The molecule has 2 aromatic rings. The van der Waals surface area contributed by atoms with Crippen molar-refractivity contribution >= 4 is 23.3 Å². The van der Waals surface area contributed by atoms with E-state index in [2.05, 4.69) is 57.6 Å². The van der Waals surface area contributed by atoms with Gasteiger partial charge in [0.2, 0.25) is 0 Å². The minimum Gasteiger partial charge on any atom is -0.475 e. The summed E-state index contributed by atoms with van der Waals surface area (Å²) in [5, 5.41) is 17.2. The maximum atomic E-state index is 10.6. The number of carboxylic acids is 1. The Labute approximate surface area is 172 Å². The van der Waals surface area contributed by atoms with E-state index in [1.165, 1.54) is 11.3 Å². The van der Waals surface area contributed by atoms with Gasteiger partial charge in [-0.25, -0.2) is 4.79 Å². The average Bonchev–Trinajstić information content (AvgIpc) is 2.69. The van der Waals surface area contributed by atoms with Crippen molar-refractivity contribution in [2.24, 2.45) is 5.73 Å². The maximum Gasteiger partial charge on any atom is 0.490 e. The van der Waals surface area contributed by atoms with Crippen LogP contribution in [-0.2, 0) is 11.3 Å². The second-order valence-corrected chi connectivity index (χ2v) is 6.64. The highest BCUT2D eigenvalue weighted by molar-refractivity contribution is 5.89. The van der Waals surface area contributed by atoms with Gasteiger partial charge < -0.3 is 21.1 Å². The van der Waals surface area contributed by atoms with Crippen LogP contribution in [0.15, 0.2) is 54.6 Å². The van der Waals surface area contributed by atoms with Crippen LogP contribution in [0.1, 0.15) is 5.56 Å². The van der Waals surface area contributed by atoms with E-state index in [0.717, 1.165) is 38.4 Å². The lowest BCUT2D eigenvalue weighted by molar-refractivity contribution is -0.192. The molecule has 0 unspecified atom stereocenters. The first kappa shape index (κ1) is 23.0. The molecule has 0 radical (unpaired) electrons. The first-order valence-corrected chi connectivity index (χ1v) is 9.17. The number of carbonyl (C=O) groups is 1. The lowest BCUT2D eigenvalue weighted by atomic mass is 10.2. The Morgan fingerprint density at radius 2 is 1.57 bits per heavy atom. The molecule has 7 nitrogen and oxygen atoms in total. The third-order valence-electron chi connectivity index (χ3n) is 4.38. The molecule has 5 N–H and O–H groups in total. The Balaban J connectivity index is 0.000000396. The number of hydrogen-bond acceptors (Lipinski definition) is 4. The van der Waals surface area contributed by atoms with Crippen LogP contribution < -0.4 is 16.0 Å². The van der Waals surface area contributed by atoms with Gasteiger partial charge in [0.05, 0.1) is 0 Å². The molecule has 1 saturated heterocycles. The summed E-state index contributed by atoms with van der Waals surface area (Å²) in [6.07, 6.45) is -5.08. The number of piperazine rings is 1. The zero-order valence-corrected chi connectivity index (χ0v) is 16.2. The second-order valence-electron chi connectivity index (χ2n) is 6.64. The quantitative estimate of drug-likeness (QED) is 0.445. The van der Waals surface area contributed by atoms with Crippen LogP contribution in [0.4, 0.5) is 24.5 Å². The maximum absolute atomic E-state index is 10.6. The van der Waals surface area contributed by atoms with Gasteiger partial charge in [0, 0.05) is 44.1 Å². The van der Waals surface area contributed by atoms with Crippen LogP contribution in [0.5, 0.6) is 0 Å². The number of halogens is 3. The number of anilines is 2. The number of alkyl halides is 3. The minimum atomic E-state index is -5.08. The van der Waals surface area contributed by atoms with Crippen LogP contribution in [0.25, 0.3) is 0 Å². The van der Waals surface area contributed by atoms with E-state index in [1.54, 1.807) is 0 Å². The fourth-order valence-corrected chi connectivity index (χ4v) is 2.92. The molecule has 0 saturated carbocycles. The molecule has 0 spiro atoms. The van der Waals surface area contributed by atoms with Crippen molar-refractivity contribution in [3.05, 3.63) is 60.2 Å². The Morgan fingerprint density at radius 3 is 2.03 bits per heavy atom. The average molecular weight is 423 g/mol. The summed E-state index contributed by atoms with van der Waals surface area (Å²) in [4.78, 5) is 13.8. The lowest BCUT2D eigenvalue weighted by Gasteiger charge is -2.36. The molecule has 0 aliphatic carbocycles. The molecule has 1 heterocycles. The Bertz CT molecular complexity index is 821. The third kappa shape index (κ3) is 7.63. The monoisotopic (exact) mass is 423 g/mol. The van der Waals surface area contributed by atoms with E-state index in [-0.39, 0.29) is 5.96 Å². The topological polar surface area (TPSA) is 106 Å². The predicted octanol–water partition coefficient (Wildman–Crippen LogP) is 2.95. The Hall–Kier alpha value is -3.27. The van der Waals surface area contributed by atoms with Crippen LogP contribution in [0.3, 0.4) is 0 Å². The predicted molar refractivity (Wildman–Crippen MR) is 110 cm³/mol. The summed E-state index contributed by atoms with van der Waals surface area (Å²) in [6, 6.07) is 18.7. The SMILES string of the molecule is N=C(N)Nc1ccc(N2CCN(Cc3ccccc3)CC2)cc1.O=C(O)C(F)(F)F. The van der Waals surface area contributed by atoms with Crippen molar-refractivity contribution in [2.75, 3.05) is 36.4 Å². The molecule has 162 valence electrons. The summed E-state index contributed by atoms with van der Waals surface area (Å²) < 4.78 is 31.7. The van der Waals surface area contributed by atoms with Gasteiger partial charge in [0.25, 0.3) is 0 Å². The highest BCUT2D eigenvalue weighted by atomic mass is 19.4. The molecule has 0 atom stereocenters. The van der Waals surface area contributed by atoms with Crippen molar-refractivity contribution in [1.82, 2.24) is 4.90 Å². The highest BCUT2D eigenvalue weighted by Gasteiger charge is 2.38. The molecular formula is C20H24F3N5O2. The summed E-state index contributed by atoms with van der Waals surface area (Å²) in [6.45, 7) is 5.24. The van der Waals surface area contributed by atoms with Gasteiger partial charge in [0.1, 0.15) is 0 Å². The van der Waals surface area contributed by atoms with Gasteiger partial charge in [0.15, 0.2) is 5.96 Å².